The Morgan fingerprint density at radius 3 is 2.39 bits per heavy atom. The number of carbonyl (C=O) groups excluding carboxylic acids is 1. The number of amides is 1. The number of benzene rings is 1. The summed E-state index contributed by atoms with van der Waals surface area (Å²) in [6, 6.07) is 6.75. The van der Waals surface area contributed by atoms with Crippen molar-refractivity contribution in [2.45, 2.75) is 25.7 Å². The number of carbonyl (C=O) groups is 1. The van der Waals surface area contributed by atoms with E-state index >= 15 is 0 Å². The molecule has 2 rings (SSSR count). The van der Waals surface area contributed by atoms with Gasteiger partial charge in [0.25, 0.3) is 5.91 Å². The number of nitrogens with zero attached hydrogens (tertiary/aromatic N) is 2. The van der Waals surface area contributed by atoms with Crippen molar-refractivity contribution in [1.82, 2.24) is 9.88 Å². The molecule has 1 amide bonds. The Hall–Kier alpha value is -1.73. The van der Waals surface area contributed by atoms with E-state index in [0.717, 1.165) is 10.6 Å². The molecule has 0 unspecified atom stereocenters. The highest BCUT2D eigenvalue weighted by Gasteiger charge is 2.21. The topological polar surface area (TPSA) is 67.3 Å². The van der Waals surface area contributed by atoms with Crippen molar-refractivity contribution in [1.29, 1.82) is 0 Å². The first-order chi connectivity index (χ1) is 10.8. The summed E-state index contributed by atoms with van der Waals surface area (Å²) in [7, 11) is -3.40. The summed E-state index contributed by atoms with van der Waals surface area (Å²) < 4.78 is 24.8. The van der Waals surface area contributed by atoms with Crippen molar-refractivity contribution in [3.63, 3.8) is 0 Å². The fourth-order valence-corrected chi connectivity index (χ4v) is 3.95. The Bertz CT molecular complexity index is 780. The second-order valence-electron chi connectivity index (χ2n) is 5.27. The molecule has 0 fully saturated rings. The molecule has 7 heteroatoms. The zero-order valence-corrected chi connectivity index (χ0v) is 15.1. The molecule has 0 bridgehead atoms. The molecule has 0 saturated heterocycles. The molecule has 0 atom stereocenters. The van der Waals surface area contributed by atoms with Gasteiger partial charge in [-0.3, -0.25) is 4.79 Å². The number of hydrogen-bond acceptors (Lipinski definition) is 5. The van der Waals surface area contributed by atoms with Crippen LogP contribution in [0.1, 0.15) is 28.0 Å². The van der Waals surface area contributed by atoms with Crippen molar-refractivity contribution in [2.75, 3.05) is 18.8 Å². The second-order valence-corrected chi connectivity index (χ2v) is 8.44. The highest BCUT2D eigenvalue weighted by molar-refractivity contribution is 7.91. The lowest BCUT2D eigenvalue weighted by molar-refractivity contribution is 0.0769. The van der Waals surface area contributed by atoms with Crippen LogP contribution in [0.25, 0.3) is 0 Å². The Morgan fingerprint density at radius 1 is 1.22 bits per heavy atom. The van der Waals surface area contributed by atoms with Crippen LogP contribution in [-0.2, 0) is 9.84 Å². The summed E-state index contributed by atoms with van der Waals surface area (Å²) in [6.45, 7) is 6.17. The lowest BCUT2D eigenvalue weighted by Gasteiger charge is -2.19. The molecule has 23 heavy (non-hydrogen) atoms. The van der Waals surface area contributed by atoms with Gasteiger partial charge in [-0.05, 0) is 32.9 Å². The van der Waals surface area contributed by atoms with Gasteiger partial charge in [0, 0.05) is 18.5 Å². The Labute approximate surface area is 140 Å². The highest BCUT2D eigenvalue weighted by atomic mass is 32.2. The first-order valence-electron chi connectivity index (χ1n) is 7.34. The largest absolute Gasteiger partial charge is 0.337 e. The van der Waals surface area contributed by atoms with E-state index in [9.17, 15) is 13.2 Å². The molecule has 0 spiro atoms. The summed E-state index contributed by atoms with van der Waals surface area (Å²) in [4.78, 5) is 18.3. The number of hydrogen-bond donors (Lipinski definition) is 0. The smallest absolute Gasteiger partial charge is 0.273 e. The van der Waals surface area contributed by atoms with Crippen LogP contribution in [0.4, 0.5) is 0 Å². The molecule has 0 aliphatic carbocycles. The normalized spacial score (nSPS) is 11.4. The van der Waals surface area contributed by atoms with Crippen molar-refractivity contribution in [2.24, 2.45) is 0 Å². The van der Waals surface area contributed by atoms with E-state index in [1.54, 1.807) is 29.6 Å². The van der Waals surface area contributed by atoms with Gasteiger partial charge in [-0.1, -0.05) is 17.7 Å². The van der Waals surface area contributed by atoms with Gasteiger partial charge in [0.05, 0.1) is 15.7 Å². The molecule has 2 aromatic rings. The average molecular weight is 352 g/mol. The fraction of sp³-hybridized carbons (Fsp3) is 0.375. The van der Waals surface area contributed by atoms with Crippen molar-refractivity contribution in [3.8, 4) is 0 Å². The Kier molecular flexibility index (Phi) is 5.54. The van der Waals surface area contributed by atoms with Crippen LogP contribution in [0.2, 0.25) is 0 Å². The minimum absolute atomic E-state index is 0.0985. The van der Waals surface area contributed by atoms with Gasteiger partial charge in [-0.2, -0.15) is 0 Å². The summed E-state index contributed by atoms with van der Waals surface area (Å²) >= 11 is 1.41. The van der Waals surface area contributed by atoms with Gasteiger partial charge < -0.3 is 4.90 Å². The van der Waals surface area contributed by atoms with Gasteiger partial charge >= 0.3 is 0 Å². The first kappa shape index (κ1) is 17.6. The second kappa shape index (κ2) is 7.23. The van der Waals surface area contributed by atoms with Gasteiger partial charge in [0.1, 0.15) is 5.69 Å². The summed E-state index contributed by atoms with van der Waals surface area (Å²) in [5, 5.41) is 2.52. The molecule has 0 radical (unpaired) electrons. The van der Waals surface area contributed by atoms with Gasteiger partial charge in [0.15, 0.2) is 9.84 Å². The van der Waals surface area contributed by atoms with E-state index in [2.05, 4.69) is 4.98 Å². The summed E-state index contributed by atoms with van der Waals surface area (Å²) in [5.41, 5.74) is 1.38. The van der Waals surface area contributed by atoms with Gasteiger partial charge in [-0.25, -0.2) is 13.4 Å². The average Bonchev–Trinajstić information content (AvgIpc) is 2.94. The van der Waals surface area contributed by atoms with Crippen LogP contribution in [0.3, 0.4) is 0 Å². The molecular formula is C16H20N2O3S2. The SMILES string of the molecule is CCN(CCS(=O)(=O)c1ccc(C)cc1)C(=O)c1csc(C)n1. The molecule has 1 aromatic carbocycles. The van der Waals surface area contributed by atoms with Crippen molar-refractivity contribution < 1.29 is 13.2 Å². The number of aryl methyl sites for hydroxylation is 2. The Morgan fingerprint density at radius 2 is 1.87 bits per heavy atom. The zero-order valence-electron chi connectivity index (χ0n) is 13.4. The monoisotopic (exact) mass is 352 g/mol. The maximum atomic E-state index is 12.4. The van der Waals surface area contributed by atoms with Crippen molar-refractivity contribution >= 4 is 27.1 Å². The quantitative estimate of drug-likeness (QED) is 0.802. The molecule has 124 valence electrons. The van der Waals surface area contributed by atoms with Crippen LogP contribution < -0.4 is 0 Å². The van der Waals surface area contributed by atoms with Crippen LogP contribution in [0, 0.1) is 13.8 Å². The molecule has 5 nitrogen and oxygen atoms in total. The predicted octanol–water partition coefficient (Wildman–Crippen LogP) is 2.70. The minimum atomic E-state index is -3.40. The van der Waals surface area contributed by atoms with E-state index in [1.165, 1.54) is 16.2 Å². The molecule has 1 heterocycles. The molecule has 0 N–H and O–H groups in total. The number of aromatic nitrogens is 1. The lowest BCUT2D eigenvalue weighted by Crippen LogP contribution is -2.35. The maximum Gasteiger partial charge on any atom is 0.273 e. The third kappa shape index (κ3) is 4.39. The van der Waals surface area contributed by atoms with E-state index in [4.69, 9.17) is 0 Å². The van der Waals surface area contributed by atoms with Crippen LogP contribution in [0.15, 0.2) is 34.5 Å². The maximum absolute atomic E-state index is 12.4. The number of sulfone groups is 1. The van der Waals surface area contributed by atoms with E-state index in [-0.39, 0.29) is 23.1 Å². The minimum Gasteiger partial charge on any atom is -0.337 e. The fourth-order valence-electron chi connectivity index (χ4n) is 2.12. The van der Waals surface area contributed by atoms with E-state index in [0.29, 0.717) is 12.2 Å². The summed E-state index contributed by atoms with van der Waals surface area (Å²) in [6.07, 6.45) is 0. The van der Waals surface area contributed by atoms with Gasteiger partial charge in [-0.15, -0.1) is 11.3 Å². The van der Waals surface area contributed by atoms with Crippen LogP contribution in [0.5, 0.6) is 0 Å². The Balaban J connectivity index is 2.07. The lowest BCUT2D eigenvalue weighted by atomic mass is 10.2. The van der Waals surface area contributed by atoms with Crippen LogP contribution in [-0.4, -0.2) is 43.1 Å². The zero-order chi connectivity index (χ0) is 17.0. The third-order valence-electron chi connectivity index (χ3n) is 3.52. The highest BCUT2D eigenvalue weighted by Crippen LogP contribution is 2.14. The molecule has 0 aliphatic heterocycles. The first-order valence-corrected chi connectivity index (χ1v) is 9.87. The summed E-state index contributed by atoms with van der Waals surface area (Å²) in [5.74, 6) is -0.324. The van der Waals surface area contributed by atoms with E-state index < -0.39 is 9.84 Å². The molecule has 0 saturated carbocycles. The molecule has 1 aromatic heterocycles. The molecular weight excluding hydrogens is 332 g/mol. The third-order valence-corrected chi connectivity index (χ3v) is 6.00. The van der Waals surface area contributed by atoms with Gasteiger partial charge in [0.2, 0.25) is 0 Å². The number of rotatable bonds is 6. The standard InChI is InChI=1S/C16H20N2O3S2/c1-4-18(16(19)15-11-22-13(3)17-15)9-10-23(20,21)14-7-5-12(2)6-8-14/h5-8,11H,4,9-10H2,1-3H3. The predicted molar refractivity (Wildman–Crippen MR) is 91.7 cm³/mol. The van der Waals surface area contributed by atoms with Crippen LogP contribution >= 0.6 is 11.3 Å². The van der Waals surface area contributed by atoms with Crippen molar-refractivity contribution in [3.05, 3.63) is 45.9 Å². The van der Waals surface area contributed by atoms with E-state index in [1.807, 2.05) is 20.8 Å². The molecule has 0 aliphatic rings. The number of thiazole rings is 1.